The van der Waals surface area contributed by atoms with Crippen molar-refractivity contribution >= 4 is 29.3 Å². The third kappa shape index (κ3) is 4.17. The molecule has 0 fully saturated rings. The van der Waals surface area contributed by atoms with Crippen LogP contribution in [-0.2, 0) is 4.79 Å². The monoisotopic (exact) mass is 348 g/mol. The van der Waals surface area contributed by atoms with E-state index in [4.69, 9.17) is 5.11 Å². The minimum absolute atomic E-state index is 0.108. The Kier molecular flexibility index (Phi) is 6.03. The molecule has 0 bridgehead atoms. The van der Waals surface area contributed by atoms with Crippen LogP contribution in [0.5, 0.6) is 5.75 Å². The Morgan fingerprint density at radius 2 is 2.21 bits per heavy atom. The number of thioether (sulfide) groups is 1. The zero-order valence-corrected chi connectivity index (χ0v) is 13.8. The van der Waals surface area contributed by atoms with Crippen LogP contribution in [0.25, 0.3) is 5.65 Å². The summed E-state index contributed by atoms with van der Waals surface area (Å²) in [6, 6.07) is 1.41. The Morgan fingerprint density at radius 1 is 1.42 bits per heavy atom. The largest absolute Gasteiger partial charge is 0.507 e. The van der Waals surface area contributed by atoms with E-state index in [2.05, 4.69) is 27.2 Å². The molecule has 1 amide bonds. The van der Waals surface area contributed by atoms with Gasteiger partial charge in [-0.05, 0) is 0 Å². The molecule has 24 heavy (non-hydrogen) atoms. The van der Waals surface area contributed by atoms with Crippen LogP contribution < -0.4 is 5.32 Å². The predicted octanol–water partition coefficient (Wildman–Crippen LogP) is 1.14. The van der Waals surface area contributed by atoms with Gasteiger partial charge in [-0.1, -0.05) is 6.92 Å². The van der Waals surface area contributed by atoms with Gasteiger partial charge in [0.2, 0.25) is 0 Å². The summed E-state index contributed by atoms with van der Waals surface area (Å²) >= 11 is 1.43. The Labute approximate surface area is 142 Å². The summed E-state index contributed by atoms with van der Waals surface area (Å²) in [5, 5.41) is 25.7. The van der Waals surface area contributed by atoms with E-state index in [0.717, 1.165) is 6.42 Å². The molecule has 0 aromatic carbocycles. The second-order valence-electron chi connectivity index (χ2n) is 4.62. The number of fused-ring (bicyclic) bond motifs is 1. The van der Waals surface area contributed by atoms with Crippen LogP contribution in [0, 0.1) is 11.8 Å². The molecule has 0 aliphatic carbocycles. The average Bonchev–Trinajstić information content (AvgIpc) is 3.01. The molecular weight excluding hydrogens is 332 g/mol. The maximum atomic E-state index is 12.1. The Bertz CT molecular complexity index is 822. The number of pyridine rings is 1. The van der Waals surface area contributed by atoms with Crippen molar-refractivity contribution < 1.29 is 19.8 Å². The summed E-state index contributed by atoms with van der Waals surface area (Å²) in [4.78, 5) is 26.6. The van der Waals surface area contributed by atoms with Crippen molar-refractivity contribution in [3.8, 4) is 17.6 Å². The van der Waals surface area contributed by atoms with Crippen molar-refractivity contribution in [2.75, 3.05) is 12.3 Å². The lowest BCUT2D eigenvalue weighted by Crippen LogP contribution is -2.29. The molecule has 0 spiro atoms. The first-order valence-electron chi connectivity index (χ1n) is 7.18. The first-order valence-corrected chi connectivity index (χ1v) is 8.17. The van der Waals surface area contributed by atoms with E-state index >= 15 is 0 Å². The molecule has 3 N–H and O–H groups in total. The maximum Gasteiger partial charge on any atom is 0.322 e. The summed E-state index contributed by atoms with van der Waals surface area (Å²) in [6.45, 7) is 1.43. The molecule has 2 aromatic rings. The van der Waals surface area contributed by atoms with E-state index in [0.29, 0.717) is 17.2 Å². The van der Waals surface area contributed by atoms with Gasteiger partial charge in [-0.3, -0.25) is 9.59 Å². The third-order valence-corrected chi connectivity index (χ3v) is 3.90. The number of carboxylic acids is 1. The van der Waals surface area contributed by atoms with Crippen molar-refractivity contribution in [1.82, 2.24) is 19.9 Å². The fraction of sp³-hybridized carbons (Fsp3) is 0.333. The lowest BCUT2D eigenvalue weighted by Gasteiger charge is -2.09. The van der Waals surface area contributed by atoms with Crippen LogP contribution in [0.1, 0.15) is 30.1 Å². The molecule has 0 aliphatic rings. The topological polar surface area (TPSA) is 117 Å². The smallest absolute Gasteiger partial charge is 0.322 e. The van der Waals surface area contributed by atoms with Gasteiger partial charge in [-0.2, -0.15) is 5.10 Å². The van der Waals surface area contributed by atoms with Crippen LogP contribution in [0.15, 0.2) is 17.4 Å². The second kappa shape index (κ2) is 8.21. The molecule has 9 heteroatoms. The molecular formula is C15H16N4O4S. The summed E-state index contributed by atoms with van der Waals surface area (Å²) in [7, 11) is 0. The number of aromatic nitrogens is 3. The summed E-state index contributed by atoms with van der Waals surface area (Å²) in [6.07, 6.45) is 2.76. The van der Waals surface area contributed by atoms with E-state index in [1.165, 1.54) is 28.7 Å². The molecule has 0 saturated carbocycles. The molecule has 2 rings (SSSR count). The number of carboxylic acid groups (broad SMARTS) is 1. The standard InChI is InChI=1S/C15H16N4O4S/c1-2-3-4-5-6-24-11-7-10(20)13(14-17-9-18-19(11)14)15(23)16-8-12(21)22/h7,9,20H,2,5-6,8H2,1H3,(H,16,23)(H,21,22). The quantitative estimate of drug-likeness (QED) is 0.407. The van der Waals surface area contributed by atoms with Crippen molar-refractivity contribution in [2.45, 2.75) is 24.8 Å². The fourth-order valence-corrected chi connectivity index (χ4v) is 2.79. The number of nitrogens with one attached hydrogen (secondary N) is 1. The van der Waals surface area contributed by atoms with E-state index in [9.17, 15) is 14.7 Å². The predicted molar refractivity (Wildman–Crippen MR) is 88.0 cm³/mol. The van der Waals surface area contributed by atoms with Crippen LogP contribution in [0.4, 0.5) is 0 Å². The number of aromatic hydroxyl groups is 1. The zero-order valence-electron chi connectivity index (χ0n) is 12.9. The van der Waals surface area contributed by atoms with Crippen LogP contribution in [0.3, 0.4) is 0 Å². The average molecular weight is 348 g/mol. The highest BCUT2D eigenvalue weighted by Crippen LogP contribution is 2.28. The van der Waals surface area contributed by atoms with Crippen molar-refractivity contribution in [2.24, 2.45) is 0 Å². The Morgan fingerprint density at radius 3 is 2.92 bits per heavy atom. The minimum atomic E-state index is -1.18. The number of hydrogen-bond acceptors (Lipinski definition) is 6. The summed E-state index contributed by atoms with van der Waals surface area (Å²) in [5.41, 5.74) is 0.0592. The van der Waals surface area contributed by atoms with Crippen molar-refractivity contribution in [3.05, 3.63) is 18.0 Å². The van der Waals surface area contributed by atoms with E-state index in [1.807, 2.05) is 6.92 Å². The van der Waals surface area contributed by atoms with Gasteiger partial charge in [0.1, 0.15) is 29.2 Å². The lowest BCUT2D eigenvalue weighted by atomic mass is 10.2. The van der Waals surface area contributed by atoms with E-state index < -0.39 is 18.4 Å². The molecule has 0 saturated heterocycles. The van der Waals surface area contributed by atoms with Gasteiger partial charge in [0.05, 0.1) is 0 Å². The highest BCUT2D eigenvalue weighted by Gasteiger charge is 2.20. The summed E-state index contributed by atoms with van der Waals surface area (Å²) < 4.78 is 1.44. The molecule has 2 aromatic heterocycles. The number of carbonyl (C=O) groups excluding carboxylic acids is 1. The van der Waals surface area contributed by atoms with Gasteiger partial charge in [-0.25, -0.2) is 9.50 Å². The molecule has 0 atom stereocenters. The normalized spacial score (nSPS) is 10.2. The minimum Gasteiger partial charge on any atom is -0.507 e. The zero-order chi connectivity index (χ0) is 17.5. The van der Waals surface area contributed by atoms with Crippen molar-refractivity contribution in [1.29, 1.82) is 0 Å². The molecule has 0 aliphatic heterocycles. The lowest BCUT2D eigenvalue weighted by molar-refractivity contribution is -0.135. The Hall–Kier alpha value is -2.73. The number of carbonyl (C=O) groups is 2. The molecule has 0 unspecified atom stereocenters. The number of nitrogens with zero attached hydrogens (tertiary/aromatic N) is 3. The SMILES string of the molecule is CCC#CCCSc1cc(O)c(C(=O)NCC(=O)O)c2ncnn12. The maximum absolute atomic E-state index is 12.1. The molecule has 2 heterocycles. The molecule has 126 valence electrons. The summed E-state index contributed by atoms with van der Waals surface area (Å²) in [5.74, 6) is 4.52. The van der Waals surface area contributed by atoms with Gasteiger partial charge in [0, 0.05) is 24.7 Å². The van der Waals surface area contributed by atoms with Crippen molar-refractivity contribution in [3.63, 3.8) is 0 Å². The highest BCUT2D eigenvalue weighted by atomic mass is 32.2. The molecule has 0 radical (unpaired) electrons. The first kappa shape index (κ1) is 17.6. The van der Waals surface area contributed by atoms with Gasteiger partial charge < -0.3 is 15.5 Å². The van der Waals surface area contributed by atoms with Crippen LogP contribution in [-0.4, -0.2) is 49.0 Å². The number of aliphatic carboxylic acids is 1. The Balaban J connectivity index is 2.25. The van der Waals surface area contributed by atoms with Gasteiger partial charge in [0.25, 0.3) is 5.91 Å². The van der Waals surface area contributed by atoms with Gasteiger partial charge >= 0.3 is 5.97 Å². The number of rotatable bonds is 6. The van der Waals surface area contributed by atoms with Crippen LogP contribution >= 0.6 is 11.8 Å². The van der Waals surface area contributed by atoms with E-state index in [-0.39, 0.29) is 17.0 Å². The van der Waals surface area contributed by atoms with Gasteiger partial charge in [-0.15, -0.1) is 23.6 Å². The van der Waals surface area contributed by atoms with Crippen LogP contribution in [0.2, 0.25) is 0 Å². The van der Waals surface area contributed by atoms with Gasteiger partial charge in [0.15, 0.2) is 5.65 Å². The number of hydrogen-bond donors (Lipinski definition) is 3. The van der Waals surface area contributed by atoms with E-state index in [1.54, 1.807) is 0 Å². The fourth-order valence-electron chi connectivity index (χ4n) is 1.92. The molecule has 8 nitrogen and oxygen atoms in total. The second-order valence-corrected chi connectivity index (χ2v) is 5.74. The first-order chi connectivity index (χ1) is 11.5. The third-order valence-electron chi connectivity index (χ3n) is 2.90. The highest BCUT2D eigenvalue weighted by molar-refractivity contribution is 7.99. The number of amides is 1.